The Hall–Kier alpha value is -3.76. The van der Waals surface area contributed by atoms with Gasteiger partial charge in [0.15, 0.2) is 11.6 Å². The zero-order valence-corrected chi connectivity index (χ0v) is 25.4. The van der Waals surface area contributed by atoms with Crippen molar-refractivity contribution >= 4 is 7.75 Å². The van der Waals surface area contributed by atoms with E-state index in [1.165, 1.54) is 6.20 Å². The number of H-pyrrole nitrogens is 1. The van der Waals surface area contributed by atoms with Crippen molar-refractivity contribution in [3.8, 4) is 42.3 Å². The van der Waals surface area contributed by atoms with Gasteiger partial charge < -0.3 is 14.4 Å². The second kappa shape index (κ2) is 17.7. The fourth-order valence-corrected chi connectivity index (χ4v) is 5.76. The van der Waals surface area contributed by atoms with E-state index in [4.69, 9.17) is 26.6 Å². The first-order chi connectivity index (χ1) is 21.6. The minimum atomic E-state index is -4.52. The number of aliphatic hydroxyl groups excluding tert-OH is 1. The maximum Gasteiger partial charge on any atom is 0.459 e. The molecule has 0 spiro atoms. The van der Waals surface area contributed by atoms with Gasteiger partial charge in [0, 0.05) is 50.6 Å². The lowest BCUT2D eigenvalue weighted by Gasteiger charge is -2.23. The van der Waals surface area contributed by atoms with Gasteiger partial charge in [0.1, 0.15) is 17.6 Å². The van der Waals surface area contributed by atoms with Gasteiger partial charge in [-0.15, -0.1) is 24.7 Å². The lowest BCUT2D eigenvalue weighted by Crippen LogP contribution is -2.35. The standard InChI is InChI=1S/C31H35F3N3O7P/c1-3-5-7-9-10-11-12-13-15-22-21-37(31(40)36-30(22)39)28-19-26(38)27(43-28)20-35-45(41,42-16-14-8-6-4-2)44-29-24(33)17-23(32)18-25(29)34/h1-2,17-18,21,26-28,38H,5-12,14,16,19-20H2,(H,35,41)(H,36,39,40)/t26-,27-,28-,45?/m1/s1. The quantitative estimate of drug-likeness (QED) is 0.137. The van der Waals surface area contributed by atoms with Crippen LogP contribution >= 0.6 is 7.75 Å². The topological polar surface area (TPSA) is 132 Å². The number of ether oxygens (including phenoxy) is 1. The Kier molecular flexibility index (Phi) is 14.0. The number of rotatable bonds is 16. The van der Waals surface area contributed by atoms with E-state index in [1.54, 1.807) is 0 Å². The summed E-state index contributed by atoms with van der Waals surface area (Å²) in [5, 5.41) is 13.1. The fraction of sp³-hybridized carbons (Fsp3) is 0.484. The molecule has 1 saturated heterocycles. The molecule has 4 atom stereocenters. The summed E-state index contributed by atoms with van der Waals surface area (Å²) in [5.74, 6) is 5.48. The largest absolute Gasteiger partial charge is 0.459 e. The molecule has 2 heterocycles. The van der Waals surface area contributed by atoms with Gasteiger partial charge in [-0.1, -0.05) is 24.7 Å². The molecule has 1 aliphatic heterocycles. The van der Waals surface area contributed by atoms with Crippen LogP contribution in [0, 0.1) is 54.0 Å². The molecule has 10 nitrogen and oxygen atoms in total. The number of nitrogens with zero attached hydrogens (tertiary/aromatic N) is 1. The highest BCUT2D eigenvalue weighted by Gasteiger charge is 2.38. The fourth-order valence-electron chi connectivity index (χ4n) is 4.37. The van der Waals surface area contributed by atoms with Gasteiger partial charge in [-0.25, -0.2) is 27.6 Å². The molecule has 2 aromatic rings. The summed E-state index contributed by atoms with van der Waals surface area (Å²) in [6, 6.07) is 0.709. The lowest BCUT2D eigenvalue weighted by molar-refractivity contribution is -0.0177. The van der Waals surface area contributed by atoms with Gasteiger partial charge in [-0.05, 0) is 25.7 Å². The highest BCUT2D eigenvalue weighted by molar-refractivity contribution is 7.52. The van der Waals surface area contributed by atoms with Crippen LogP contribution in [0.15, 0.2) is 27.9 Å². The molecular formula is C31H35F3N3O7P. The van der Waals surface area contributed by atoms with Crippen molar-refractivity contribution in [2.45, 2.75) is 82.6 Å². The second-order valence-electron chi connectivity index (χ2n) is 10.2. The Bertz CT molecular complexity index is 1600. The number of aromatic nitrogens is 2. The Morgan fingerprint density at radius 1 is 1.04 bits per heavy atom. The number of unbranched alkanes of at least 4 members (excludes halogenated alkanes) is 7. The Balaban J connectivity index is 1.68. The Morgan fingerprint density at radius 2 is 1.69 bits per heavy atom. The third-order valence-corrected chi connectivity index (χ3v) is 8.23. The van der Waals surface area contributed by atoms with Gasteiger partial charge in [0.25, 0.3) is 5.56 Å². The summed E-state index contributed by atoms with van der Waals surface area (Å²) in [5.41, 5.74) is -1.44. The third kappa shape index (κ3) is 11.0. The van der Waals surface area contributed by atoms with Crippen LogP contribution in [0.2, 0.25) is 0 Å². The molecule has 0 bridgehead atoms. The van der Waals surface area contributed by atoms with E-state index in [-0.39, 0.29) is 18.6 Å². The molecule has 0 aliphatic carbocycles. The van der Waals surface area contributed by atoms with Crippen LogP contribution in [-0.2, 0) is 13.8 Å². The van der Waals surface area contributed by atoms with Crippen molar-refractivity contribution in [2.24, 2.45) is 0 Å². The number of aliphatic hydroxyl groups is 1. The van der Waals surface area contributed by atoms with Gasteiger partial charge in [-0.3, -0.25) is 18.9 Å². The van der Waals surface area contributed by atoms with Crippen molar-refractivity contribution in [3.63, 3.8) is 0 Å². The molecule has 1 aromatic heterocycles. The van der Waals surface area contributed by atoms with E-state index in [2.05, 4.69) is 33.8 Å². The van der Waals surface area contributed by atoms with Crippen molar-refractivity contribution in [1.82, 2.24) is 14.6 Å². The molecule has 14 heteroatoms. The average Bonchev–Trinajstić information content (AvgIpc) is 3.36. The average molecular weight is 650 g/mol. The van der Waals surface area contributed by atoms with Crippen LogP contribution in [0.4, 0.5) is 13.2 Å². The monoisotopic (exact) mass is 649 g/mol. The van der Waals surface area contributed by atoms with Gasteiger partial charge >= 0.3 is 13.4 Å². The number of hydrogen-bond acceptors (Lipinski definition) is 7. The molecule has 0 amide bonds. The SMILES string of the molecule is C#CCCCCCCC#Cc1cn([C@H]2C[C@@H](O)[C@@H](CNP(=O)(OCCCCC#C)Oc3c(F)cc(F)cc3F)O2)c(=O)[nH]c1=O. The Labute approximate surface area is 259 Å². The van der Waals surface area contributed by atoms with E-state index in [1.807, 2.05) is 0 Å². The molecule has 45 heavy (non-hydrogen) atoms. The molecule has 242 valence electrons. The van der Waals surface area contributed by atoms with E-state index in [0.29, 0.717) is 37.8 Å². The summed E-state index contributed by atoms with van der Waals surface area (Å²) in [6.07, 6.45) is 14.5. The Morgan fingerprint density at radius 3 is 2.36 bits per heavy atom. The van der Waals surface area contributed by atoms with Crippen LogP contribution in [0.3, 0.4) is 0 Å². The molecule has 1 unspecified atom stereocenters. The summed E-state index contributed by atoms with van der Waals surface area (Å²) >= 11 is 0. The number of hydrogen-bond donors (Lipinski definition) is 3. The van der Waals surface area contributed by atoms with Gasteiger partial charge in [0.05, 0.1) is 18.8 Å². The minimum Gasteiger partial charge on any atom is -0.407 e. The van der Waals surface area contributed by atoms with Crippen molar-refractivity contribution in [3.05, 3.63) is 62.2 Å². The first-order valence-electron chi connectivity index (χ1n) is 14.5. The van der Waals surface area contributed by atoms with E-state index in [9.17, 15) is 32.4 Å². The zero-order chi connectivity index (χ0) is 32.8. The molecule has 1 fully saturated rings. The molecular weight excluding hydrogens is 614 g/mol. The summed E-state index contributed by atoms with van der Waals surface area (Å²) in [7, 11) is -4.52. The summed E-state index contributed by atoms with van der Waals surface area (Å²) < 4.78 is 72.7. The summed E-state index contributed by atoms with van der Waals surface area (Å²) in [6.45, 7) is -0.578. The lowest BCUT2D eigenvalue weighted by atomic mass is 10.1. The smallest absolute Gasteiger partial charge is 0.407 e. The van der Waals surface area contributed by atoms with Crippen LogP contribution in [0.25, 0.3) is 0 Å². The normalized spacial score (nSPS) is 18.8. The third-order valence-electron chi connectivity index (χ3n) is 6.72. The van der Waals surface area contributed by atoms with Crippen LogP contribution in [0.5, 0.6) is 5.75 Å². The van der Waals surface area contributed by atoms with E-state index in [0.717, 1.165) is 36.7 Å². The first-order valence-corrected chi connectivity index (χ1v) is 16.0. The number of halogens is 3. The second-order valence-corrected chi connectivity index (χ2v) is 12.0. The predicted octanol–water partition coefficient (Wildman–Crippen LogP) is 4.52. The predicted molar refractivity (Wildman–Crippen MR) is 160 cm³/mol. The number of terminal acetylenes is 2. The van der Waals surface area contributed by atoms with Gasteiger partial charge in [-0.2, -0.15) is 0 Å². The molecule has 3 rings (SSSR count). The van der Waals surface area contributed by atoms with Crippen LogP contribution in [-0.4, -0.2) is 40.0 Å². The van der Waals surface area contributed by atoms with E-state index < -0.39 is 67.2 Å². The van der Waals surface area contributed by atoms with Crippen LogP contribution < -0.4 is 20.9 Å². The number of benzene rings is 1. The molecule has 0 radical (unpaired) electrons. The molecule has 1 aromatic carbocycles. The maximum atomic E-state index is 14.3. The highest BCUT2D eigenvalue weighted by atomic mass is 31.2. The molecule has 3 N–H and O–H groups in total. The van der Waals surface area contributed by atoms with Crippen molar-refractivity contribution < 1.29 is 36.6 Å². The molecule has 0 saturated carbocycles. The van der Waals surface area contributed by atoms with Crippen molar-refractivity contribution in [1.29, 1.82) is 0 Å². The number of nitrogens with one attached hydrogen (secondary N) is 2. The maximum absolute atomic E-state index is 14.3. The van der Waals surface area contributed by atoms with E-state index >= 15 is 0 Å². The summed E-state index contributed by atoms with van der Waals surface area (Å²) in [4.78, 5) is 27.1. The number of aromatic amines is 1. The van der Waals surface area contributed by atoms with Crippen molar-refractivity contribution in [2.75, 3.05) is 13.2 Å². The van der Waals surface area contributed by atoms with Gasteiger partial charge in [0.2, 0.25) is 5.75 Å². The zero-order valence-electron chi connectivity index (χ0n) is 24.5. The molecule has 1 aliphatic rings. The highest BCUT2D eigenvalue weighted by Crippen LogP contribution is 2.46. The minimum absolute atomic E-state index is 0.0288. The first kappa shape index (κ1) is 35.7. The van der Waals surface area contributed by atoms with Crippen LogP contribution in [0.1, 0.15) is 76.0 Å².